The van der Waals surface area contributed by atoms with Crippen molar-refractivity contribution in [2.75, 3.05) is 20.3 Å². The number of carbonyl (C=O) groups excluding carboxylic acids is 3. The van der Waals surface area contributed by atoms with Crippen LogP contribution < -0.4 is 15.4 Å². The summed E-state index contributed by atoms with van der Waals surface area (Å²) in [5.41, 5.74) is -0.0866. The number of hydrogen-bond acceptors (Lipinski definition) is 11. The average molecular weight is 712 g/mol. The van der Waals surface area contributed by atoms with E-state index in [2.05, 4.69) is 41.7 Å². The van der Waals surface area contributed by atoms with Gasteiger partial charge in [0.1, 0.15) is 34.8 Å². The number of ether oxygens (including phenoxy) is 4. The second-order valence-corrected chi connectivity index (χ2v) is 16.6. The van der Waals surface area contributed by atoms with Crippen LogP contribution in [0, 0.1) is 17.3 Å². The zero-order valence-corrected chi connectivity index (χ0v) is 31.7. The van der Waals surface area contributed by atoms with E-state index < -0.39 is 41.9 Å². The predicted octanol–water partition coefficient (Wildman–Crippen LogP) is 4.28. The van der Waals surface area contributed by atoms with Crippen LogP contribution in [-0.4, -0.2) is 89.2 Å². The van der Waals surface area contributed by atoms with E-state index in [1.54, 1.807) is 39.1 Å². The lowest BCUT2D eigenvalue weighted by molar-refractivity contribution is -0.199. The summed E-state index contributed by atoms with van der Waals surface area (Å²) in [5.74, 6) is -0.165. The van der Waals surface area contributed by atoms with Crippen LogP contribution in [0.3, 0.4) is 0 Å². The Morgan fingerprint density at radius 3 is 2.47 bits per heavy atom. The third-order valence-corrected chi connectivity index (χ3v) is 10.1. The molecule has 15 heteroatoms. The molecule has 2 heterocycles. The summed E-state index contributed by atoms with van der Waals surface area (Å²) in [6.45, 7) is 18.1. The highest BCUT2D eigenvalue weighted by Crippen LogP contribution is 2.65. The maximum atomic E-state index is 13.6. The summed E-state index contributed by atoms with van der Waals surface area (Å²) in [7, 11) is 0.778. The summed E-state index contributed by atoms with van der Waals surface area (Å²) < 4.78 is 37.1. The molecule has 0 radical (unpaired) electrons. The van der Waals surface area contributed by atoms with Crippen LogP contribution in [0.5, 0.6) is 5.75 Å². The number of benzene rings is 1. The topological polar surface area (TPSA) is 161 Å². The molecular weight excluding hydrogens is 657 g/mol. The van der Waals surface area contributed by atoms with E-state index in [1.807, 2.05) is 26.8 Å². The number of alkyl carbamates (subject to hydrolysis) is 1. The second kappa shape index (κ2) is 14.7. The Morgan fingerprint density at radius 1 is 1.08 bits per heavy atom. The Kier molecular flexibility index (Phi) is 11.1. The quantitative estimate of drug-likeness (QED) is 0.173. The number of para-hydroxylation sites is 1. The molecule has 2 bridgehead atoms. The molecule has 1 saturated heterocycles. The Morgan fingerprint density at radius 2 is 1.80 bits per heavy atom. The molecule has 1 aromatic heterocycles. The van der Waals surface area contributed by atoms with Crippen molar-refractivity contribution >= 4 is 25.1 Å². The minimum absolute atomic E-state index is 0.0918. The summed E-state index contributed by atoms with van der Waals surface area (Å²) in [6, 6.07) is 5.31. The van der Waals surface area contributed by atoms with Gasteiger partial charge in [-0.25, -0.2) is 14.3 Å². The molecule has 2 aromatic rings. The average Bonchev–Trinajstić information content (AvgIpc) is 3.61. The van der Waals surface area contributed by atoms with Gasteiger partial charge in [0.05, 0.1) is 44.2 Å². The molecule has 0 spiro atoms. The van der Waals surface area contributed by atoms with Gasteiger partial charge in [-0.1, -0.05) is 31.2 Å². The molecule has 2 N–H and O–H groups in total. The van der Waals surface area contributed by atoms with Crippen LogP contribution in [0.15, 0.2) is 24.4 Å². The smallest absolute Gasteiger partial charge is 0.482 e. The minimum atomic E-state index is -0.733. The number of esters is 1. The highest BCUT2D eigenvalue weighted by Gasteiger charge is 2.68. The Hall–Kier alpha value is -3.69. The van der Waals surface area contributed by atoms with Gasteiger partial charge in [0.15, 0.2) is 0 Å². The van der Waals surface area contributed by atoms with Gasteiger partial charge in [-0.15, -0.1) is 5.10 Å². The molecular formula is C36H54BN5O9. The van der Waals surface area contributed by atoms with Crippen LogP contribution in [0.1, 0.15) is 96.8 Å². The number of hydrogen-bond donors (Lipinski definition) is 2. The molecule has 1 aromatic carbocycles. The zero-order chi connectivity index (χ0) is 37.4. The lowest BCUT2D eigenvalue weighted by Crippen LogP contribution is -2.65. The summed E-state index contributed by atoms with van der Waals surface area (Å²) in [6.07, 6.45) is 3.29. The van der Waals surface area contributed by atoms with E-state index in [1.165, 1.54) is 11.8 Å². The number of nitrogens with zero attached hydrogens (tertiary/aromatic N) is 3. The monoisotopic (exact) mass is 711 g/mol. The van der Waals surface area contributed by atoms with Crippen LogP contribution in [0.4, 0.5) is 4.79 Å². The van der Waals surface area contributed by atoms with Crippen molar-refractivity contribution in [3.8, 4) is 5.75 Å². The van der Waals surface area contributed by atoms with E-state index in [0.29, 0.717) is 34.4 Å². The van der Waals surface area contributed by atoms with E-state index in [-0.39, 0.29) is 50.2 Å². The maximum absolute atomic E-state index is 13.6. The van der Waals surface area contributed by atoms with Gasteiger partial charge in [-0.3, -0.25) is 4.79 Å². The first-order chi connectivity index (χ1) is 23.8. The first kappa shape index (κ1) is 38.5. The van der Waals surface area contributed by atoms with Crippen LogP contribution in [0.2, 0.25) is 0 Å². The molecule has 0 unspecified atom stereocenters. The maximum Gasteiger partial charge on any atom is 0.482 e. The standard InChI is InChI=1S/C36H54BN5O9/c1-33(2,3)48-31(44)25-13-11-12-22(30(25)46-10)16-28(37-50-27-18-23-17-26(35(23,7)8)36(27,9)51-37)39-29(43)20-42-19-24(40-41-42)21-47-15-14-38-32(45)49-34(4,5)6/h11-13,19,23,26-28H,14-18,20-21H2,1-10H3,(H,38,45)(H,39,43)/t23-,26-,27+,28-,36-/m0/s1. The predicted molar refractivity (Wildman–Crippen MR) is 188 cm³/mol. The van der Waals surface area contributed by atoms with Crippen molar-refractivity contribution in [3.05, 3.63) is 41.2 Å². The van der Waals surface area contributed by atoms with Crippen LogP contribution in [-0.2, 0) is 47.9 Å². The molecule has 2 amide bonds. The fraction of sp³-hybridized carbons (Fsp3) is 0.694. The van der Waals surface area contributed by atoms with Crippen molar-refractivity contribution in [3.63, 3.8) is 0 Å². The van der Waals surface area contributed by atoms with Crippen molar-refractivity contribution in [1.82, 2.24) is 25.6 Å². The van der Waals surface area contributed by atoms with Gasteiger partial charge in [0, 0.05) is 6.54 Å². The second-order valence-electron chi connectivity index (χ2n) is 16.6. The van der Waals surface area contributed by atoms with Crippen LogP contribution >= 0.6 is 0 Å². The number of amides is 2. The fourth-order valence-corrected chi connectivity index (χ4v) is 7.60. The number of methoxy groups -OCH3 is 1. The molecule has 6 rings (SSSR count). The SMILES string of the molecule is COc1c(C[C@H](NC(=O)Cn2cc(COCCNC(=O)OC(C)(C)C)nn2)B2O[C@@H]3C[C@@H]4C[C@@H](C4(C)C)[C@]3(C)O2)cccc1C(=O)OC(C)(C)C. The number of nitrogens with one attached hydrogen (secondary N) is 2. The highest BCUT2D eigenvalue weighted by molar-refractivity contribution is 6.48. The van der Waals surface area contributed by atoms with E-state index in [4.69, 9.17) is 28.3 Å². The summed E-state index contributed by atoms with van der Waals surface area (Å²) >= 11 is 0. The first-order valence-electron chi connectivity index (χ1n) is 17.7. The molecule has 51 heavy (non-hydrogen) atoms. The summed E-state index contributed by atoms with van der Waals surface area (Å²) in [5, 5.41) is 14.0. The van der Waals surface area contributed by atoms with Gasteiger partial charge < -0.3 is 38.9 Å². The Labute approximate surface area is 301 Å². The molecule has 14 nitrogen and oxygen atoms in total. The number of aromatic nitrogens is 3. The first-order valence-corrected chi connectivity index (χ1v) is 17.7. The number of rotatable bonds is 13. The minimum Gasteiger partial charge on any atom is -0.496 e. The van der Waals surface area contributed by atoms with Gasteiger partial charge >= 0.3 is 19.2 Å². The Balaban J connectivity index is 1.26. The van der Waals surface area contributed by atoms with E-state index in [0.717, 1.165) is 12.8 Å². The van der Waals surface area contributed by atoms with E-state index >= 15 is 0 Å². The van der Waals surface area contributed by atoms with Crippen LogP contribution in [0.25, 0.3) is 0 Å². The zero-order valence-electron chi connectivity index (χ0n) is 31.7. The van der Waals surface area contributed by atoms with Gasteiger partial charge in [0.25, 0.3) is 0 Å². The largest absolute Gasteiger partial charge is 0.496 e. The van der Waals surface area contributed by atoms with Gasteiger partial charge in [-0.2, -0.15) is 0 Å². The molecule has 4 fully saturated rings. The summed E-state index contributed by atoms with van der Waals surface area (Å²) in [4.78, 5) is 38.5. The molecule has 3 aliphatic carbocycles. The van der Waals surface area contributed by atoms with Gasteiger partial charge in [-0.05, 0) is 96.6 Å². The third-order valence-electron chi connectivity index (χ3n) is 10.1. The van der Waals surface area contributed by atoms with E-state index in [9.17, 15) is 14.4 Å². The highest BCUT2D eigenvalue weighted by atomic mass is 16.7. The normalized spacial score (nSPS) is 24.2. The van der Waals surface area contributed by atoms with Crippen molar-refractivity contribution in [2.45, 2.75) is 124 Å². The molecule has 3 saturated carbocycles. The molecule has 5 atom stereocenters. The number of carbonyl (C=O) groups is 3. The van der Waals surface area contributed by atoms with Crippen molar-refractivity contribution < 1.29 is 42.6 Å². The molecule has 4 aliphatic rings. The lowest BCUT2D eigenvalue weighted by Gasteiger charge is -2.64. The van der Waals surface area contributed by atoms with Gasteiger partial charge in [0.2, 0.25) is 5.91 Å². The Bertz CT molecular complexity index is 1590. The van der Waals surface area contributed by atoms with Crippen molar-refractivity contribution in [1.29, 1.82) is 0 Å². The molecule has 280 valence electrons. The van der Waals surface area contributed by atoms with Crippen molar-refractivity contribution in [2.24, 2.45) is 17.3 Å². The lowest BCUT2D eigenvalue weighted by atomic mass is 9.43. The fourth-order valence-electron chi connectivity index (χ4n) is 7.60. The third kappa shape index (κ3) is 9.04. The molecule has 1 aliphatic heterocycles.